The standard InChI is InChI=1S/C24H25F4N3O4S/c1-30-14-20(15-8-10-31(11-9-15)23(33)13-22(32)24(26,27)28)19-12-17(4-7-21(19)30)29-36(34,35)18-5-2-16(25)3-6-18/h2-7,12,14-15,22,29,32H,8-11,13H2,1H3/t22-/m1/s1. The molecule has 1 aromatic heterocycles. The van der Waals surface area contributed by atoms with Crippen molar-refractivity contribution in [3.8, 4) is 0 Å². The number of nitrogens with zero attached hydrogens (tertiary/aromatic N) is 2. The number of halogens is 4. The van der Waals surface area contributed by atoms with Gasteiger partial charge in [0, 0.05) is 42.9 Å². The normalized spacial score (nSPS) is 16.3. The molecule has 2 heterocycles. The largest absolute Gasteiger partial charge is 0.414 e. The lowest BCUT2D eigenvalue weighted by Crippen LogP contribution is -2.41. The Labute approximate surface area is 205 Å². The van der Waals surface area contributed by atoms with E-state index in [1.807, 2.05) is 17.8 Å². The Bertz CT molecular complexity index is 1360. The fraction of sp³-hybridized carbons (Fsp3) is 0.375. The number of aliphatic hydroxyl groups is 1. The van der Waals surface area contributed by atoms with Gasteiger partial charge in [0.05, 0.1) is 11.3 Å². The average Bonchev–Trinajstić information content (AvgIpc) is 3.14. The third-order valence-corrected chi connectivity index (χ3v) is 7.83. The van der Waals surface area contributed by atoms with E-state index in [0.29, 0.717) is 18.5 Å². The predicted molar refractivity (Wildman–Crippen MR) is 125 cm³/mol. The van der Waals surface area contributed by atoms with Gasteiger partial charge < -0.3 is 14.6 Å². The molecule has 12 heteroatoms. The molecule has 194 valence electrons. The summed E-state index contributed by atoms with van der Waals surface area (Å²) in [7, 11) is -2.08. The highest BCUT2D eigenvalue weighted by atomic mass is 32.2. The Kier molecular flexibility index (Phi) is 7.02. The lowest BCUT2D eigenvalue weighted by molar-refractivity contribution is -0.207. The van der Waals surface area contributed by atoms with Crippen LogP contribution in [0.2, 0.25) is 0 Å². The van der Waals surface area contributed by atoms with Crippen molar-refractivity contribution in [3.05, 3.63) is 60.0 Å². The number of nitrogens with one attached hydrogen (secondary N) is 1. The number of aryl methyl sites for hydroxylation is 1. The molecule has 0 bridgehead atoms. The van der Waals surface area contributed by atoms with Gasteiger partial charge in [-0.05, 0) is 66.8 Å². The second-order valence-corrected chi connectivity index (χ2v) is 10.6. The molecule has 4 rings (SSSR count). The summed E-state index contributed by atoms with van der Waals surface area (Å²) in [5, 5.41) is 10.0. The minimum absolute atomic E-state index is 0.00856. The van der Waals surface area contributed by atoms with Gasteiger partial charge in [0.1, 0.15) is 5.82 Å². The number of aliphatic hydroxyl groups excluding tert-OH is 1. The molecule has 1 aliphatic heterocycles. The molecule has 0 radical (unpaired) electrons. The number of aromatic nitrogens is 1. The third kappa shape index (κ3) is 5.49. The van der Waals surface area contributed by atoms with Crippen LogP contribution in [0, 0.1) is 5.82 Å². The Balaban J connectivity index is 1.50. The average molecular weight is 528 g/mol. The summed E-state index contributed by atoms with van der Waals surface area (Å²) in [6, 6.07) is 9.59. The van der Waals surface area contributed by atoms with E-state index in [1.54, 1.807) is 18.2 Å². The zero-order chi connectivity index (χ0) is 26.3. The van der Waals surface area contributed by atoms with E-state index in [9.17, 15) is 35.9 Å². The predicted octanol–water partition coefficient (Wildman–Crippen LogP) is 4.14. The molecule has 2 N–H and O–H groups in total. The fourth-order valence-corrected chi connectivity index (χ4v) is 5.54. The van der Waals surface area contributed by atoms with Gasteiger partial charge in [0.15, 0.2) is 6.10 Å². The maximum absolute atomic E-state index is 13.2. The molecule has 7 nitrogen and oxygen atoms in total. The van der Waals surface area contributed by atoms with Crippen LogP contribution < -0.4 is 4.72 Å². The summed E-state index contributed by atoms with van der Waals surface area (Å²) >= 11 is 0. The SMILES string of the molecule is Cn1cc(C2CCN(C(=O)C[C@@H](O)C(F)(F)F)CC2)c2cc(NS(=O)(=O)c3ccc(F)cc3)ccc21. The zero-order valence-electron chi connectivity index (χ0n) is 19.3. The number of anilines is 1. The molecular weight excluding hydrogens is 502 g/mol. The molecule has 3 aromatic rings. The van der Waals surface area contributed by atoms with Crippen LogP contribution in [0.15, 0.2) is 53.6 Å². The molecule has 36 heavy (non-hydrogen) atoms. The summed E-state index contributed by atoms with van der Waals surface area (Å²) in [5.41, 5.74) is 2.13. The molecule has 0 spiro atoms. The number of alkyl halides is 3. The number of benzene rings is 2. The van der Waals surface area contributed by atoms with Gasteiger partial charge in [-0.3, -0.25) is 9.52 Å². The van der Waals surface area contributed by atoms with Crippen molar-refractivity contribution < 1.29 is 35.9 Å². The maximum atomic E-state index is 13.2. The molecule has 2 aromatic carbocycles. The summed E-state index contributed by atoms with van der Waals surface area (Å²) in [5.74, 6) is -1.28. The number of hydrogen-bond acceptors (Lipinski definition) is 4. The highest BCUT2D eigenvalue weighted by Crippen LogP contribution is 2.36. The quantitative estimate of drug-likeness (QED) is 0.472. The van der Waals surface area contributed by atoms with E-state index in [-0.39, 0.29) is 23.9 Å². The molecule has 1 aliphatic rings. The topological polar surface area (TPSA) is 91.6 Å². The molecule has 1 saturated heterocycles. The Morgan fingerprint density at radius 3 is 2.39 bits per heavy atom. The first kappa shape index (κ1) is 26.0. The summed E-state index contributed by atoms with van der Waals surface area (Å²) in [6.45, 7) is 0.503. The Hall–Kier alpha value is -3.12. The van der Waals surface area contributed by atoms with E-state index in [1.165, 1.54) is 17.0 Å². The number of likely N-dealkylation sites (tertiary alicyclic amines) is 1. The van der Waals surface area contributed by atoms with Gasteiger partial charge in [-0.1, -0.05) is 0 Å². The number of piperidine rings is 1. The molecule has 1 atom stereocenters. The van der Waals surface area contributed by atoms with Crippen molar-refractivity contribution in [1.29, 1.82) is 0 Å². The number of rotatable bonds is 6. The fourth-order valence-electron chi connectivity index (χ4n) is 4.49. The molecule has 0 unspecified atom stereocenters. The van der Waals surface area contributed by atoms with E-state index in [0.717, 1.165) is 28.6 Å². The second-order valence-electron chi connectivity index (χ2n) is 8.90. The van der Waals surface area contributed by atoms with E-state index >= 15 is 0 Å². The Morgan fingerprint density at radius 2 is 1.78 bits per heavy atom. The van der Waals surface area contributed by atoms with Gasteiger partial charge in [-0.2, -0.15) is 13.2 Å². The van der Waals surface area contributed by atoms with Gasteiger partial charge in [0.2, 0.25) is 5.91 Å². The summed E-state index contributed by atoms with van der Waals surface area (Å²) in [6.07, 6.45) is -5.57. The van der Waals surface area contributed by atoms with Crippen LogP contribution >= 0.6 is 0 Å². The van der Waals surface area contributed by atoms with Crippen LogP contribution in [0.25, 0.3) is 10.9 Å². The van der Waals surface area contributed by atoms with Gasteiger partial charge >= 0.3 is 6.18 Å². The van der Waals surface area contributed by atoms with Crippen LogP contribution in [-0.4, -0.2) is 54.3 Å². The van der Waals surface area contributed by atoms with E-state index < -0.39 is 40.4 Å². The number of carbonyl (C=O) groups is 1. The van der Waals surface area contributed by atoms with Crippen LogP contribution in [0.3, 0.4) is 0 Å². The highest BCUT2D eigenvalue weighted by Gasteiger charge is 2.40. The summed E-state index contributed by atoms with van der Waals surface area (Å²) in [4.78, 5) is 13.5. The third-order valence-electron chi connectivity index (χ3n) is 6.43. The van der Waals surface area contributed by atoms with Crippen molar-refractivity contribution in [1.82, 2.24) is 9.47 Å². The zero-order valence-corrected chi connectivity index (χ0v) is 20.1. The molecule has 1 amide bonds. The second kappa shape index (κ2) is 9.74. The monoisotopic (exact) mass is 527 g/mol. The van der Waals surface area contributed by atoms with E-state index in [4.69, 9.17) is 0 Å². The Morgan fingerprint density at radius 1 is 1.14 bits per heavy atom. The summed E-state index contributed by atoms with van der Waals surface area (Å²) < 4.78 is 80.8. The number of sulfonamides is 1. The lowest BCUT2D eigenvalue weighted by atomic mass is 9.89. The number of hydrogen-bond donors (Lipinski definition) is 2. The van der Waals surface area contributed by atoms with Crippen molar-refractivity contribution in [2.24, 2.45) is 7.05 Å². The van der Waals surface area contributed by atoms with Gasteiger partial charge in [0.25, 0.3) is 10.0 Å². The van der Waals surface area contributed by atoms with Crippen LogP contribution in [0.4, 0.5) is 23.2 Å². The van der Waals surface area contributed by atoms with E-state index in [2.05, 4.69) is 4.72 Å². The van der Waals surface area contributed by atoms with Crippen molar-refractivity contribution >= 4 is 32.5 Å². The van der Waals surface area contributed by atoms with Crippen LogP contribution in [-0.2, 0) is 21.9 Å². The van der Waals surface area contributed by atoms with Crippen molar-refractivity contribution in [3.63, 3.8) is 0 Å². The number of amides is 1. The first-order valence-corrected chi connectivity index (χ1v) is 12.7. The molecule has 0 saturated carbocycles. The highest BCUT2D eigenvalue weighted by molar-refractivity contribution is 7.92. The van der Waals surface area contributed by atoms with Crippen LogP contribution in [0.1, 0.15) is 30.7 Å². The lowest BCUT2D eigenvalue weighted by Gasteiger charge is -2.32. The number of fused-ring (bicyclic) bond motifs is 1. The smallest absolute Gasteiger partial charge is 0.383 e. The molecule has 0 aliphatic carbocycles. The van der Waals surface area contributed by atoms with Crippen molar-refractivity contribution in [2.45, 2.75) is 42.4 Å². The first-order chi connectivity index (χ1) is 16.8. The molecular formula is C24H25F4N3O4S. The minimum atomic E-state index is -4.84. The number of carbonyl (C=O) groups excluding carboxylic acids is 1. The van der Waals surface area contributed by atoms with Gasteiger partial charge in [-0.25, -0.2) is 12.8 Å². The minimum Gasteiger partial charge on any atom is -0.383 e. The van der Waals surface area contributed by atoms with Gasteiger partial charge in [-0.15, -0.1) is 0 Å². The first-order valence-electron chi connectivity index (χ1n) is 11.2. The van der Waals surface area contributed by atoms with Crippen LogP contribution in [0.5, 0.6) is 0 Å². The molecule has 1 fully saturated rings. The maximum Gasteiger partial charge on any atom is 0.414 e. The van der Waals surface area contributed by atoms with Crippen molar-refractivity contribution in [2.75, 3.05) is 17.8 Å².